The number of allylic oxidation sites excluding steroid dienone is 2. The van der Waals surface area contributed by atoms with Gasteiger partial charge in [-0.15, -0.1) is 0 Å². The molecule has 20 heavy (non-hydrogen) atoms. The van der Waals surface area contributed by atoms with Crippen molar-refractivity contribution in [2.45, 2.75) is 25.8 Å². The maximum Gasteiger partial charge on any atom is 0.0659 e. The number of anilines is 1. The van der Waals surface area contributed by atoms with Crippen molar-refractivity contribution >= 4 is 5.69 Å². The summed E-state index contributed by atoms with van der Waals surface area (Å²) in [4.78, 5) is 0. The van der Waals surface area contributed by atoms with Crippen molar-refractivity contribution in [3.8, 4) is 0 Å². The highest BCUT2D eigenvalue weighted by atomic mass is 15.3. The topological polar surface area (TPSA) is 29.9 Å². The van der Waals surface area contributed by atoms with Crippen LogP contribution in [0.15, 0.2) is 54.9 Å². The van der Waals surface area contributed by atoms with Gasteiger partial charge in [-0.3, -0.25) is 4.68 Å². The van der Waals surface area contributed by atoms with Gasteiger partial charge in [-0.25, -0.2) is 0 Å². The van der Waals surface area contributed by atoms with Gasteiger partial charge in [-0.2, -0.15) is 5.10 Å². The predicted molar refractivity (Wildman–Crippen MR) is 82.7 cm³/mol. The minimum absolute atomic E-state index is 0.781. The van der Waals surface area contributed by atoms with Gasteiger partial charge in [0.2, 0.25) is 0 Å². The van der Waals surface area contributed by atoms with E-state index in [9.17, 15) is 0 Å². The molecule has 0 bridgehead atoms. The van der Waals surface area contributed by atoms with Gasteiger partial charge < -0.3 is 5.32 Å². The molecular weight excluding hydrogens is 246 g/mol. The molecule has 0 spiro atoms. The fourth-order valence-electron chi connectivity index (χ4n) is 2.61. The lowest BCUT2D eigenvalue weighted by molar-refractivity contribution is 0.504. The molecule has 104 valence electrons. The largest absolute Gasteiger partial charge is 0.385 e. The first-order chi connectivity index (χ1) is 9.90. The van der Waals surface area contributed by atoms with Gasteiger partial charge in [0.1, 0.15) is 0 Å². The third kappa shape index (κ3) is 3.50. The summed E-state index contributed by atoms with van der Waals surface area (Å²) in [7, 11) is 0. The molecule has 1 N–H and O–H groups in total. The zero-order valence-corrected chi connectivity index (χ0v) is 11.7. The number of aromatic nitrogens is 2. The van der Waals surface area contributed by atoms with Crippen LogP contribution in [0.5, 0.6) is 0 Å². The summed E-state index contributed by atoms with van der Waals surface area (Å²) >= 11 is 0. The molecule has 1 heterocycles. The van der Waals surface area contributed by atoms with Crippen molar-refractivity contribution in [1.82, 2.24) is 9.78 Å². The van der Waals surface area contributed by atoms with Crippen LogP contribution in [0.1, 0.15) is 24.8 Å². The van der Waals surface area contributed by atoms with Gasteiger partial charge >= 0.3 is 0 Å². The average Bonchev–Trinajstić information content (AvgIpc) is 3.01. The molecule has 3 nitrogen and oxygen atoms in total. The maximum atomic E-state index is 4.23. The molecule has 2 aromatic rings. The van der Waals surface area contributed by atoms with Crippen LogP contribution in [0.3, 0.4) is 0 Å². The number of nitrogens with one attached hydrogen (secondary N) is 1. The van der Waals surface area contributed by atoms with E-state index < -0.39 is 0 Å². The highest BCUT2D eigenvalue weighted by Crippen LogP contribution is 2.19. The van der Waals surface area contributed by atoms with E-state index in [4.69, 9.17) is 0 Å². The predicted octanol–water partition coefficient (Wildman–Crippen LogP) is 3.70. The number of hydrogen-bond acceptors (Lipinski definition) is 2. The minimum atomic E-state index is 0.781. The van der Waals surface area contributed by atoms with E-state index in [-0.39, 0.29) is 0 Å². The average molecular weight is 267 g/mol. The summed E-state index contributed by atoms with van der Waals surface area (Å²) in [5.41, 5.74) is 2.49. The van der Waals surface area contributed by atoms with Crippen LogP contribution in [0.4, 0.5) is 5.69 Å². The Balaban J connectivity index is 1.52. The molecule has 1 unspecified atom stereocenters. The molecule has 1 aliphatic rings. The zero-order chi connectivity index (χ0) is 13.6. The van der Waals surface area contributed by atoms with Gasteiger partial charge in [0.15, 0.2) is 0 Å². The Morgan fingerprint density at radius 3 is 2.80 bits per heavy atom. The fraction of sp³-hybridized carbons (Fsp3) is 0.353. The molecule has 0 radical (unpaired) electrons. The first kappa shape index (κ1) is 13.0. The molecule has 1 aromatic carbocycles. The first-order valence-electron chi connectivity index (χ1n) is 7.35. The van der Waals surface area contributed by atoms with Crippen LogP contribution in [-0.2, 0) is 6.54 Å². The number of benzene rings is 1. The summed E-state index contributed by atoms with van der Waals surface area (Å²) in [6.07, 6.45) is 12.2. The first-order valence-corrected chi connectivity index (χ1v) is 7.35. The highest BCUT2D eigenvalue weighted by molar-refractivity contribution is 5.44. The second-order valence-electron chi connectivity index (χ2n) is 5.43. The standard InChI is InChI=1S/C17H21N3/c1-2-5-15(6-3-1)13-18-17-9-7-16(8-10-17)14-20-12-4-11-19-20/h1-2,4,7-12,15,18H,3,5-6,13-14H2. The van der Waals surface area contributed by atoms with Crippen molar-refractivity contribution in [1.29, 1.82) is 0 Å². The zero-order valence-electron chi connectivity index (χ0n) is 11.7. The van der Waals surface area contributed by atoms with E-state index >= 15 is 0 Å². The summed E-state index contributed by atoms with van der Waals surface area (Å²) in [5, 5.41) is 7.77. The number of hydrogen-bond donors (Lipinski definition) is 1. The molecule has 0 fully saturated rings. The lowest BCUT2D eigenvalue weighted by Gasteiger charge is -2.18. The Kier molecular flexibility index (Phi) is 4.16. The van der Waals surface area contributed by atoms with Gasteiger partial charge in [0.25, 0.3) is 0 Å². The van der Waals surface area contributed by atoms with Gasteiger partial charge in [0, 0.05) is 24.6 Å². The molecule has 0 aliphatic heterocycles. The summed E-state index contributed by atoms with van der Waals surface area (Å²) < 4.78 is 1.94. The van der Waals surface area contributed by atoms with Crippen LogP contribution < -0.4 is 5.32 Å². The summed E-state index contributed by atoms with van der Waals surface area (Å²) in [6, 6.07) is 10.6. The lowest BCUT2D eigenvalue weighted by Crippen LogP contribution is -2.15. The molecule has 0 saturated carbocycles. The Hall–Kier alpha value is -2.03. The monoisotopic (exact) mass is 267 g/mol. The van der Waals surface area contributed by atoms with Crippen molar-refractivity contribution in [3.63, 3.8) is 0 Å². The molecule has 0 saturated heterocycles. The van der Waals surface area contributed by atoms with Crippen LogP contribution in [0.25, 0.3) is 0 Å². The second-order valence-corrected chi connectivity index (χ2v) is 5.43. The van der Waals surface area contributed by atoms with Crippen LogP contribution in [0, 0.1) is 5.92 Å². The molecule has 1 aliphatic carbocycles. The van der Waals surface area contributed by atoms with E-state index in [1.807, 2.05) is 23.1 Å². The van der Waals surface area contributed by atoms with E-state index in [0.717, 1.165) is 19.0 Å². The van der Waals surface area contributed by atoms with Gasteiger partial charge in [0.05, 0.1) is 6.54 Å². The minimum Gasteiger partial charge on any atom is -0.385 e. The third-order valence-electron chi connectivity index (χ3n) is 3.83. The maximum absolute atomic E-state index is 4.23. The fourth-order valence-corrected chi connectivity index (χ4v) is 2.61. The van der Waals surface area contributed by atoms with Crippen molar-refractivity contribution in [3.05, 3.63) is 60.4 Å². The van der Waals surface area contributed by atoms with Crippen molar-refractivity contribution in [2.75, 3.05) is 11.9 Å². The molecule has 3 rings (SSSR count). The van der Waals surface area contributed by atoms with Gasteiger partial charge in [-0.05, 0) is 48.9 Å². The highest BCUT2D eigenvalue weighted by Gasteiger charge is 2.09. The molecule has 1 aromatic heterocycles. The lowest BCUT2D eigenvalue weighted by atomic mass is 9.94. The van der Waals surface area contributed by atoms with Crippen molar-refractivity contribution < 1.29 is 0 Å². The second kappa shape index (κ2) is 6.42. The molecule has 1 atom stereocenters. The SMILES string of the molecule is C1=CCC(CNc2ccc(Cn3cccn3)cc2)CC1. The third-order valence-corrected chi connectivity index (χ3v) is 3.83. The van der Waals surface area contributed by atoms with E-state index in [1.165, 1.54) is 30.5 Å². The Bertz CT molecular complexity index is 540. The molecule has 3 heteroatoms. The Morgan fingerprint density at radius 1 is 1.20 bits per heavy atom. The number of rotatable bonds is 5. The van der Waals surface area contributed by atoms with E-state index in [2.05, 4.69) is 46.8 Å². The van der Waals surface area contributed by atoms with Gasteiger partial charge in [-0.1, -0.05) is 24.3 Å². The summed E-state index contributed by atoms with van der Waals surface area (Å²) in [5.74, 6) is 0.781. The van der Waals surface area contributed by atoms with Crippen LogP contribution in [-0.4, -0.2) is 16.3 Å². The molecular formula is C17H21N3. The van der Waals surface area contributed by atoms with Crippen LogP contribution >= 0.6 is 0 Å². The van der Waals surface area contributed by atoms with E-state index in [0.29, 0.717) is 0 Å². The quantitative estimate of drug-likeness (QED) is 0.837. The number of nitrogens with zero attached hydrogens (tertiary/aromatic N) is 2. The van der Waals surface area contributed by atoms with Crippen molar-refractivity contribution in [2.24, 2.45) is 5.92 Å². The smallest absolute Gasteiger partial charge is 0.0659 e. The Labute approximate surface area is 120 Å². The Morgan fingerprint density at radius 2 is 2.10 bits per heavy atom. The summed E-state index contributed by atoms with van der Waals surface area (Å²) in [6.45, 7) is 1.91. The van der Waals surface area contributed by atoms with E-state index in [1.54, 1.807) is 0 Å². The van der Waals surface area contributed by atoms with Crippen LogP contribution in [0.2, 0.25) is 0 Å². The normalized spacial score (nSPS) is 18.1. The molecule has 0 amide bonds.